The van der Waals surface area contributed by atoms with Crippen LogP contribution in [0.15, 0.2) is 83.8 Å². The molecule has 0 heterocycles. The molecule has 0 saturated heterocycles. The van der Waals surface area contributed by atoms with Gasteiger partial charge in [-0.3, -0.25) is 4.79 Å². The molecule has 3 aromatic carbocycles. The third-order valence-electron chi connectivity index (χ3n) is 4.65. The fourth-order valence-corrected chi connectivity index (χ4v) is 5.37. The second kappa shape index (κ2) is 9.19. The van der Waals surface area contributed by atoms with Crippen LogP contribution in [-0.2, 0) is 10.0 Å². The van der Waals surface area contributed by atoms with Crippen LogP contribution in [0, 0.1) is 13.8 Å². The first-order chi connectivity index (χ1) is 13.8. The number of sulfonamides is 1. The molecule has 29 heavy (non-hydrogen) atoms. The Labute approximate surface area is 185 Å². The van der Waals surface area contributed by atoms with E-state index < -0.39 is 20.0 Å². The van der Waals surface area contributed by atoms with Gasteiger partial charge in [-0.15, -0.1) is 0 Å². The van der Waals surface area contributed by atoms with Gasteiger partial charge in [0.25, 0.3) is 0 Å². The highest BCUT2D eigenvalue weighted by atomic mass is 127. The summed E-state index contributed by atoms with van der Waals surface area (Å²) in [4.78, 5) is 13.3. The zero-order chi connectivity index (χ0) is 21.0. The maximum Gasteiger partial charge on any atom is 0.241 e. The topological polar surface area (TPSA) is 63.2 Å². The van der Waals surface area contributed by atoms with E-state index in [0.29, 0.717) is 5.56 Å². The average molecular weight is 519 g/mol. The summed E-state index contributed by atoms with van der Waals surface area (Å²) < 4.78 is 28.2. The van der Waals surface area contributed by atoms with Crippen LogP contribution in [0.5, 0.6) is 0 Å². The quantitative estimate of drug-likeness (QED) is 0.271. The Bertz CT molecular complexity index is 1080. The molecule has 3 aromatic rings. The van der Waals surface area contributed by atoms with E-state index in [1.807, 2.05) is 78.9 Å². The lowest BCUT2D eigenvalue weighted by atomic mass is 9.98. The van der Waals surface area contributed by atoms with Gasteiger partial charge >= 0.3 is 0 Å². The molecule has 0 aliphatic heterocycles. The first-order valence-corrected chi connectivity index (χ1v) is 11.9. The van der Waals surface area contributed by atoms with Gasteiger partial charge in [-0.1, -0.05) is 100 Å². The Morgan fingerprint density at radius 3 is 1.90 bits per heavy atom. The van der Waals surface area contributed by atoms with E-state index in [1.54, 1.807) is 36.4 Å². The largest absolute Gasteiger partial charge is 0.293 e. The Morgan fingerprint density at radius 2 is 1.34 bits per heavy atom. The normalized spacial score (nSPS) is 13.6. The van der Waals surface area contributed by atoms with Crippen molar-refractivity contribution in [3.63, 3.8) is 0 Å². The molecule has 6 heteroatoms. The maximum absolute atomic E-state index is 13.1. The van der Waals surface area contributed by atoms with Crippen molar-refractivity contribution in [3.05, 3.63) is 101 Å². The van der Waals surface area contributed by atoms with Crippen molar-refractivity contribution in [1.29, 1.82) is 0 Å². The van der Waals surface area contributed by atoms with Gasteiger partial charge in [0.2, 0.25) is 10.0 Å². The van der Waals surface area contributed by atoms with E-state index in [1.165, 1.54) is 0 Å². The Hall–Kier alpha value is -2.03. The molecule has 0 saturated carbocycles. The Balaban J connectivity index is 1.95. The van der Waals surface area contributed by atoms with E-state index in [0.717, 1.165) is 16.7 Å². The number of halogens is 1. The van der Waals surface area contributed by atoms with Gasteiger partial charge in [0.1, 0.15) is 0 Å². The molecule has 0 aliphatic carbocycles. The van der Waals surface area contributed by atoms with E-state index >= 15 is 0 Å². The van der Waals surface area contributed by atoms with E-state index in [-0.39, 0.29) is 10.7 Å². The minimum absolute atomic E-state index is 0.119. The minimum atomic E-state index is -3.80. The number of hydrogen-bond donors (Lipinski definition) is 1. The van der Waals surface area contributed by atoms with Crippen molar-refractivity contribution in [3.8, 4) is 0 Å². The summed E-state index contributed by atoms with van der Waals surface area (Å²) in [6.45, 7) is 3.86. The molecule has 0 fully saturated rings. The smallest absolute Gasteiger partial charge is 0.241 e. The van der Waals surface area contributed by atoms with Crippen LogP contribution in [0.2, 0.25) is 0 Å². The number of alkyl halides is 1. The van der Waals surface area contributed by atoms with Gasteiger partial charge in [0.05, 0.1) is 14.9 Å². The van der Waals surface area contributed by atoms with Crippen LogP contribution in [0.25, 0.3) is 0 Å². The SMILES string of the molecule is Cc1ccc(C(=O)[C@H](I)[C@H](NS(=O)(=O)c2ccc(C)cc2)c2ccccc2)cc1. The van der Waals surface area contributed by atoms with Crippen molar-refractivity contribution in [2.24, 2.45) is 0 Å². The molecule has 3 rings (SSSR count). The van der Waals surface area contributed by atoms with Crippen molar-refractivity contribution in [2.45, 2.75) is 28.7 Å². The molecule has 0 radical (unpaired) electrons. The molecule has 150 valence electrons. The lowest BCUT2D eigenvalue weighted by molar-refractivity contribution is 0.0985. The van der Waals surface area contributed by atoms with Crippen molar-refractivity contribution in [1.82, 2.24) is 4.72 Å². The van der Waals surface area contributed by atoms with E-state index in [4.69, 9.17) is 0 Å². The number of ketones is 1. The molecule has 0 amide bonds. The van der Waals surface area contributed by atoms with Gasteiger partial charge in [-0.25, -0.2) is 13.1 Å². The number of rotatable bonds is 7. The van der Waals surface area contributed by atoms with Crippen LogP contribution < -0.4 is 4.72 Å². The maximum atomic E-state index is 13.1. The number of carbonyl (C=O) groups excluding carboxylic acids is 1. The molecule has 0 aromatic heterocycles. The lowest BCUT2D eigenvalue weighted by Crippen LogP contribution is -2.37. The Morgan fingerprint density at radius 1 is 0.828 bits per heavy atom. The number of Topliss-reactive ketones (excluding diaryl/α,β-unsaturated/α-hetero) is 1. The summed E-state index contributed by atoms with van der Waals surface area (Å²) >= 11 is 2.03. The molecule has 0 bridgehead atoms. The lowest BCUT2D eigenvalue weighted by Gasteiger charge is -2.24. The number of carbonyl (C=O) groups is 1. The summed E-state index contributed by atoms with van der Waals surface area (Å²) in [6.07, 6.45) is 0. The zero-order valence-corrected chi connectivity index (χ0v) is 19.1. The second-order valence-corrected chi connectivity index (χ2v) is 10.0. The molecular formula is C23H22INO3S. The van der Waals surface area contributed by atoms with Crippen molar-refractivity contribution >= 4 is 38.4 Å². The van der Waals surface area contributed by atoms with Gasteiger partial charge in [-0.2, -0.15) is 0 Å². The molecule has 0 unspecified atom stereocenters. The third kappa shape index (κ3) is 5.32. The highest BCUT2D eigenvalue weighted by molar-refractivity contribution is 14.1. The minimum Gasteiger partial charge on any atom is -0.293 e. The molecule has 0 aliphatic rings. The first-order valence-electron chi connectivity index (χ1n) is 9.17. The van der Waals surface area contributed by atoms with Crippen molar-refractivity contribution < 1.29 is 13.2 Å². The number of nitrogens with one attached hydrogen (secondary N) is 1. The molecule has 4 nitrogen and oxygen atoms in total. The van der Waals surface area contributed by atoms with Crippen LogP contribution >= 0.6 is 22.6 Å². The highest BCUT2D eigenvalue weighted by Gasteiger charge is 2.32. The average Bonchev–Trinajstić information content (AvgIpc) is 2.72. The van der Waals surface area contributed by atoms with E-state index in [9.17, 15) is 13.2 Å². The van der Waals surface area contributed by atoms with Crippen LogP contribution in [0.1, 0.15) is 33.1 Å². The number of aryl methyl sites for hydroxylation is 2. The Kier molecular flexibility index (Phi) is 6.87. The van der Waals surface area contributed by atoms with Gasteiger partial charge in [-0.05, 0) is 31.5 Å². The molecule has 1 N–H and O–H groups in total. The predicted octanol–water partition coefficient (Wildman–Crippen LogP) is 5.01. The third-order valence-corrected chi connectivity index (χ3v) is 7.39. The summed E-state index contributed by atoms with van der Waals surface area (Å²) in [5.41, 5.74) is 3.34. The number of benzene rings is 3. The van der Waals surface area contributed by atoms with Gasteiger partial charge in [0.15, 0.2) is 5.78 Å². The fraction of sp³-hybridized carbons (Fsp3) is 0.174. The highest BCUT2D eigenvalue weighted by Crippen LogP contribution is 2.28. The van der Waals surface area contributed by atoms with E-state index in [2.05, 4.69) is 4.72 Å². The second-order valence-electron chi connectivity index (χ2n) is 6.95. The summed E-state index contributed by atoms with van der Waals surface area (Å²) in [7, 11) is -3.80. The van der Waals surface area contributed by atoms with Gasteiger partial charge < -0.3 is 0 Å². The monoisotopic (exact) mass is 519 g/mol. The van der Waals surface area contributed by atoms with Crippen molar-refractivity contribution in [2.75, 3.05) is 0 Å². The standard InChI is InChI=1S/C23H22INO3S/c1-16-8-12-19(13-9-16)23(26)21(24)22(18-6-4-3-5-7-18)25-29(27,28)20-14-10-17(2)11-15-20/h3-15,21-22,25H,1-2H3/t21-,22-/m1/s1. The van der Waals surface area contributed by atoms with Crippen LogP contribution in [0.3, 0.4) is 0 Å². The number of hydrogen-bond acceptors (Lipinski definition) is 3. The first kappa shape index (κ1) is 21.7. The summed E-state index contributed by atoms with van der Waals surface area (Å²) in [6, 6.07) is 22.5. The van der Waals surface area contributed by atoms with Crippen LogP contribution in [-0.4, -0.2) is 18.1 Å². The zero-order valence-electron chi connectivity index (χ0n) is 16.2. The molecular weight excluding hydrogens is 497 g/mol. The molecule has 0 spiro atoms. The molecule has 2 atom stereocenters. The van der Waals surface area contributed by atoms with Gasteiger partial charge in [0, 0.05) is 5.56 Å². The fourth-order valence-electron chi connectivity index (χ4n) is 2.94. The summed E-state index contributed by atoms with van der Waals surface area (Å²) in [5.74, 6) is -0.119. The predicted molar refractivity (Wildman–Crippen MR) is 124 cm³/mol. The van der Waals surface area contributed by atoms with Crippen LogP contribution in [0.4, 0.5) is 0 Å². The summed E-state index contributed by atoms with van der Waals surface area (Å²) in [5, 5.41) is 0.